The Morgan fingerprint density at radius 3 is 2.75 bits per heavy atom. The topological polar surface area (TPSA) is 67.4 Å². The maximum atomic E-state index is 11.6. The molecule has 2 N–H and O–H groups in total. The first-order valence-electron chi connectivity index (χ1n) is 8.82. The number of rotatable bonds is 6. The van der Waals surface area contributed by atoms with Gasteiger partial charge in [0.25, 0.3) is 0 Å². The smallest absolute Gasteiger partial charge is 0.151 e. The molecule has 3 atom stereocenters. The summed E-state index contributed by atoms with van der Waals surface area (Å²) in [6.45, 7) is 3.26. The first kappa shape index (κ1) is 17.9. The highest BCUT2D eigenvalue weighted by Crippen LogP contribution is 2.30. The first-order chi connectivity index (χ1) is 11.5. The summed E-state index contributed by atoms with van der Waals surface area (Å²) in [5.41, 5.74) is 1.99. The van der Waals surface area contributed by atoms with Crippen molar-refractivity contribution >= 4 is 9.84 Å². The molecular formula is C18H28N2O3S. The van der Waals surface area contributed by atoms with Crippen molar-refractivity contribution in [3.05, 3.63) is 35.4 Å². The van der Waals surface area contributed by atoms with E-state index < -0.39 is 9.84 Å². The zero-order chi connectivity index (χ0) is 17.0. The third-order valence-corrected chi connectivity index (χ3v) is 5.96. The van der Waals surface area contributed by atoms with Crippen LogP contribution in [0.4, 0.5) is 0 Å². The van der Waals surface area contributed by atoms with Gasteiger partial charge < -0.3 is 15.4 Å². The molecule has 5 nitrogen and oxygen atoms in total. The second-order valence-corrected chi connectivity index (χ2v) is 9.20. The van der Waals surface area contributed by atoms with Gasteiger partial charge in [-0.2, -0.15) is 0 Å². The summed E-state index contributed by atoms with van der Waals surface area (Å²) in [6.07, 6.45) is 4.94. The van der Waals surface area contributed by atoms with Gasteiger partial charge in [-0.05, 0) is 29.9 Å². The largest absolute Gasteiger partial charge is 0.379 e. The Bertz CT molecular complexity index is 641. The highest BCUT2D eigenvalue weighted by Gasteiger charge is 2.34. The Hall–Kier alpha value is -0.950. The van der Waals surface area contributed by atoms with Gasteiger partial charge in [0.05, 0.1) is 19.0 Å². The lowest BCUT2D eigenvalue weighted by atomic mass is 9.93. The van der Waals surface area contributed by atoms with E-state index in [4.69, 9.17) is 4.74 Å². The van der Waals surface area contributed by atoms with E-state index in [9.17, 15) is 8.42 Å². The lowest BCUT2D eigenvalue weighted by Gasteiger charge is -2.33. The van der Waals surface area contributed by atoms with Crippen LogP contribution >= 0.6 is 0 Å². The summed E-state index contributed by atoms with van der Waals surface area (Å²) >= 11 is 0. The van der Waals surface area contributed by atoms with Crippen LogP contribution in [0.2, 0.25) is 0 Å². The average molecular weight is 353 g/mol. The standard InChI is InChI=1S/C18H28N2O3S/c1-24(21,22)13-15-6-3-2-5-14(15)11-20-17-8-4-7-16(17)18-12-23-10-9-19-18/h2-3,5-6,16-20H,4,7-13H2,1H3. The van der Waals surface area contributed by atoms with E-state index in [2.05, 4.69) is 10.6 Å². The Labute approximate surface area is 145 Å². The van der Waals surface area contributed by atoms with Crippen molar-refractivity contribution in [1.29, 1.82) is 0 Å². The first-order valence-corrected chi connectivity index (χ1v) is 10.9. The lowest BCUT2D eigenvalue weighted by Crippen LogP contribution is -2.50. The number of morpholine rings is 1. The molecule has 0 radical (unpaired) electrons. The van der Waals surface area contributed by atoms with Crippen molar-refractivity contribution in [3.8, 4) is 0 Å². The zero-order valence-electron chi connectivity index (χ0n) is 14.3. The molecule has 1 aliphatic heterocycles. The molecule has 134 valence electrons. The molecule has 24 heavy (non-hydrogen) atoms. The monoisotopic (exact) mass is 352 g/mol. The maximum absolute atomic E-state index is 11.6. The van der Waals surface area contributed by atoms with Gasteiger partial charge >= 0.3 is 0 Å². The van der Waals surface area contributed by atoms with Crippen molar-refractivity contribution in [3.63, 3.8) is 0 Å². The fourth-order valence-electron chi connectivity index (χ4n) is 3.98. The van der Waals surface area contributed by atoms with E-state index in [1.807, 2.05) is 24.3 Å². The summed E-state index contributed by atoms with van der Waals surface area (Å²) in [5, 5.41) is 7.27. The van der Waals surface area contributed by atoms with Crippen LogP contribution in [0, 0.1) is 5.92 Å². The molecule has 1 saturated heterocycles. The van der Waals surface area contributed by atoms with Gasteiger partial charge in [-0.3, -0.25) is 0 Å². The van der Waals surface area contributed by atoms with Crippen LogP contribution < -0.4 is 10.6 Å². The van der Waals surface area contributed by atoms with E-state index in [1.165, 1.54) is 25.5 Å². The van der Waals surface area contributed by atoms with Crippen molar-refractivity contribution < 1.29 is 13.2 Å². The minimum atomic E-state index is -3.02. The Kier molecular flexibility index (Phi) is 5.92. The van der Waals surface area contributed by atoms with E-state index in [0.717, 1.165) is 37.4 Å². The molecule has 1 aromatic carbocycles. The third kappa shape index (κ3) is 4.79. The third-order valence-electron chi connectivity index (χ3n) is 5.13. The minimum Gasteiger partial charge on any atom is -0.379 e. The minimum absolute atomic E-state index is 0.108. The van der Waals surface area contributed by atoms with Crippen LogP contribution in [0.25, 0.3) is 0 Å². The van der Waals surface area contributed by atoms with Crippen LogP contribution in [0.15, 0.2) is 24.3 Å². The number of hydrogen-bond acceptors (Lipinski definition) is 5. The van der Waals surface area contributed by atoms with Crippen LogP contribution in [-0.2, 0) is 26.9 Å². The summed E-state index contributed by atoms with van der Waals surface area (Å²) in [5.74, 6) is 0.698. The van der Waals surface area contributed by atoms with E-state index in [-0.39, 0.29) is 5.75 Å². The average Bonchev–Trinajstić information content (AvgIpc) is 3.02. The number of sulfone groups is 1. The van der Waals surface area contributed by atoms with Gasteiger partial charge in [-0.1, -0.05) is 30.7 Å². The Balaban J connectivity index is 1.62. The normalized spacial score (nSPS) is 28.1. The fraction of sp³-hybridized carbons (Fsp3) is 0.667. The molecule has 2 fully saturated rings. The molecule has 0 aromatic heterocycles. The molecule has 1 aromatic rings. The summed E-state index contributed by atoms with van der Waals surface area (Å²) in [7, 11) is -3.02. The highest BCUT2D eigenvalue weighted by atomic mass is 32.2. The Morgan fingerprint density at radius 1 is 1.25 bits per heavy atom. The molecule has 1 heterocycles. The van der Waals surface area contributed by atoms with Crippen LogP contribution in [0.3, 0.4) is 0 Å². The van der Waals surface area contributed by atoms with Crippen LogP contribution in [-0.4, -0.2) is 46.5 Å². The van der Waals surface area contributed by atoms with Crippen molar-refractivity contribution in [1.82, 2.24) is 10.6 Å². The highest BCUT2D eigenvalue weighted by molar-refractivity contribution is 7.89. The van der Waals surface area contributed by atoms with Crippen molar-refractivity contribution in [2.45, 2.75) is 43.6 Å². The number of benzene rings is 1. The molecule has 3 unspecified atom stereocenters. The number of ether oxygens (including phenoxy) is 1. The van der Waals surface area contributed by atoms with Crippen molar-refractivity contribution in [2.75, 3.05) is 26.0 Å². The molecule has 6 heteroatoms. The van der Waals surface area contributed by atoms with E-state index in [1.54, 1.807) is 0 Å². The van der Waals surface area contributed by atoms with Crippen LogP contribution in [0.1, 0.15) is 30.4 Å². The molecule has 0 spiro atoms. The lowest BCUT2D eigenvalue weighted by molar-refractivity contribution is 0.0524. The molecule has 1 aliphatic carbocycles. The van der Waals surface area contributed by atoms with Gasteiger partial charge in [0, 0.05) is 31.4 Å². The maximum Gasteiger partial charge on any atom is 0.151 e. The summed E-state index contributed by atoms with van der Waals surface area (Å²) < 4.78 is 28.9. The summed E-state index contributed by atoms with van der Waals surface area (Å²) in [4.78, 5) is 0. The molecule has 1 saturated carbocycles. The molecule has 0 bridgehead atoms. The zero-order valence-corrected chi connectivity index (χ0v) is 15.1. The fourth-order valence-corrected chi connectivity index (χ4v) is 4.83. The van der Waals surface area contributed by atoms with Gasteiger partial charge in [0.15, 0.2) is 9.84 Å². The second kappa shape index (κ2) is 7.95. The Morgan fingerprint density at radius 2 is 2.04 bits per heavy atom. The quantitative estimate of drug-likeness (QED) is 0.812. The number of nitrogens with one attached hydrogen (secondary N) is 2. The molecular weight excluding hydrogens is 324 g/mol. The number of hydrogen-bond donors (Lipinski definition) is 2. The second-order valence-electron chi connectivity index (χ2n) is 7.06. The van der Waals surface area contributed by atoms with Gasteiger partial charge in [0.2, 0.25) is 0 Å². The predicted octanol–water partition coefficient (Wildman–Crippen LogP) is 1.48. The van der Waals surface area contributed by atoms with Crippen molar-refractivity contribution in [2.24, 2.45) is 5.92 Å². The van der Waals surface area contributed by atoms with Gasteiger partial charge in [0.1, 0.15) is 0 Å². The summed E-state index contributed by atoms with van der Waals surface area (Å²) in [6, 6.07) is 8.73. The predicted molar refractivity (Wildman–Crippen MR) is 95.6 cm³/mol. The van der Waals surface area contributed by atoms with E-state index >= 15 is 0 Å². The molecule has 2 aliphatic rings. The van der Waals surface area contributed by atoms with Gasteiger partial charge in [-0.15, -0.1) is 0 Å². The molecule has 3 rings (SSSR count). The van der Waals surface area contributed by atoms with Crippen LogP contribution in [0.5, 0.6) is 0 Å². The SMILES string of the molecule is CS(=O)(=O)Cc1ccccc1CNC1CCCC1C1COCCN1. The van der Waals surface area contributed by atoms with E-state index in [0.29, 0.717) is 18.0 Å². The molecule has 0 amide bonds. The van der Waals surface area contributed by atoms with Gasteiger partial charge in [-0.25, -0.2) is 8.42 Å².